The molecule has 0 saturated carbocycles. The van der Waals surface area contributed by atoms with Gasteiger partial charge in [0, 0.05) is 43.1 Å². The van der Waals surface area contributed by atoms with Crippen molar-refractivity contribution in [2.24, 2.45) is 0 Å². The van der Waals surface area contributed by atoms with Crippen molar-refractivity contribution in [3.63, 3.8) is 0 Å². The highest BCUT2D eigenvalue weighted by Gasteiger charge is 2.28. The molecule has 0 radical (unpaired) electrons. The number of hydrogen-bond donors (Lipinski definition) is 0. The second-order valence-electron chi connectivity index (χ2n) is 15.1. The summed E-state index contributed by atoms with van der Waals surface area (Å²) >= 11 is 0. The van der Waals surface area contributed by atoms with Crippen LogP contribution < -0.4 is 0 Å². The minimum Gasteiger partial charge on any atom is -0.308 e. The van der Waals surface area contributed by atoms with E-state index in [1.807, 2.05) is 0 Å². The first-order valence-electron chi connectivity index (χ1n) is 19.5. The van der Waals surface area contributed by atoms with Crippen LogP contribution >= 0.6 is 0 Å². The number of hydrogen-bond acceptors (Lipinski definition) is 0. The van der Waals surface area contributed by atoms with Gasteiger partial charge < -0.3 is 8.80 Å². The predicted octanol–water partition coefficient (Wildman–Crippen LogP) is 14.1. The molecule has 248 valence electrons. The van der Waals surface area contributed by atoms with Gasteiger partial charge in [-0.1, -0.05) is 133 Å². The highest BCUT2D eigenvalue weighted by atomic mass is 14.9. The van der Waals surface area contributed by atoms with Crippen molar-refractivity contribution >= 4 is 76.2 Å². The van der Waals surface area contributed by atoms with E-state index in [1.165, 1.54) is 170 Å². The van der Waals surface area contributed by atoms with E-state index in [9.17, 15) is 0 Å². The summed E-state index contributed by atoms with van der Waals surface area (Å²) in [7, 11) is 0. The van der Waals surface area contributed by atoms with E-state index in [0.717, 1.165) is 12.8 Å². The molecule has 0 saturated heterocycles. The van der Waals surface area contributed by atoms with Gasteiger partial charge in [0.25, 0.3) is 0 Å². The lowest BCUT2D eigenvalue weighted by atomic mass is 9.96. The van der Waals surface area contributed by atoms with Gasteiger partial charge >= 0.3 is 0 Å². The van der Waals surface area contributed by atoms with E-state index < -0.39 is 0 Å². The summed E-state index contributed by atoms with van der Waals surface area (Å²) in [5.41, 5.74) is 12.5. The number of rotatable bonds is 14. The van der Waals surface area contributed by atoms with Crippen molar-refractivity contribution in [3.05, 3.63) is 95.6 Å². The Bertz CT molecular complexity index is 2590. The molecule has 0 aliphatic carbocycles. The zero-order chi connectivity index (χ0) is 33.1. The van der Waals surface area contributed by atoms with Gasteiger partial charge in [-0.25, -0.2) is 0 Å². The van der Waals surface area contributed by atoms with Crippen LogP contribution in [-0.2, 0) is 12.8 Å². The quantitative estimate of drug-likeness (QED) is 0.104. The predicted molar refractivity (Wildman–Crippen MR) is 215 cm³/mol. The largest absolute Gasteiger partial charge is 0.308 e. The molecule has 0 spiro atoms. The van der Waals surface area contributed by atoms with Crippen molar-refractivity contribution in [3.8, 4) is 0 Å². The Labute approximate surface area is 290 Å². The number of benzene rings is 5. The Morgan fingerprint density at radius 2 is 0.837 bits per heavy atom. The van der Waals surface area contributed by atoms with E-state index >= 15 is 0 Å². The van der Waals surface area contributed by atoms with Crippen LogP contribution in [0.25, 0.3) is 76.2 Å². The summed E-state index contributed by atoms with van der Waals surface area (Å²) in [5.74, 6) is 0. The SMILES string of the molecule is CCCCCCCCc1ccc2c3c4c5ccc(CCCCCCCC)cc5n5c6cc(C)ccc6c(c6c7ccccc7n(c2c1)c63)c45. The van der Waals surface area contributed by atoms with Crippen LogP contribution in [0.1, 0.15) is 108 Å². The molecule has 0 atom stereocenters. The molecular weight excluding hydrogens is 593 g/mol. The number of aryl methyl sites for hydroxylation is 3. The molecule has 2 heteroatoms. The van der Waals surface area contributed by atoms with Crippen molar-refractivity contribution in [1.29, 1.82) is 0 Å². The van der Waals surface area contributed by atoms with Crippen molar-refractivity contribution < 1.29 is 0 Å². The molecule has 0 unspecified atom stereocenters. The van der Waals surface area contributed by atoms with Crippen molar-refractivity contribution in [2.75, 3.05) is 0 Å². The Morgan fingerprint density at radius 3 is 1.39 bits per heavy atom. The van der Waals surface area contributed by atoms with Gasteiger partial charge in [-0.2, -0.15) is 0 Å². The molecule has 49 heavy (non-hydrogen) atoms. The maximum atomic E-state index is 2.64. The smallest absolute Gasteiger partial charge is 0.0634 e. The molecule has 0 N–H and O–H groups in total. The normalized spacial score (nSPS) is 12.7. The lowest BCUT2D eigenvalue weighted by Gasteiger charge is -2.06. The summed E-state index contributed by atoms with van der Waals surface area (Å²) in [6.07, 6.45) is 18.3. The average Bonchev–Trinajstić information content (AvgIpc) is 3.83. The molecular formula is C47H50N2. The first-order valence-corrected chi connectivity index (χ1v) is 19.5. The minimum atomic E-state index is 1.16. The maximum Gasteiger partial charge on any atom is 0.0634 e. The number of aromatic nitrogens is 2. The van der Waals surface area contributed by atoms with Crippen LogP contribution in [0, 0.1) is 6.92 Å². The first-order chi connectivity index (χ1) is 24.2. The Morgan fingerprint density at radius 1 is 0.408 bits per heavy atom. The third kappa shape index (κ3) is 4.81. The topological polar surface area (TPSA) is 8.82 Å². The Hall–Kier alpha value is -4.30. The van der Waals surface area contributed by atoms with Gasteiger partial charge in [-0.15, -0.1) is 0 Å². The molecule has 0 amide bonds. The third-order valence-corrected chi connectivity index (χ3v) is 11.8. The van der Waals surface area contributed by atoms with E-state index in [4.69, 9.17) is 0 Å². The standard InChI is InChI=1S/C47H50N2/c1-4-6-8-10-12-14-18-32-23-26-36-40(29-32)48-38-21-17-16-20-34(38)42-43-35-25-22-31(3)28-39(35)49-41-30-33(19-15-13-11-9-7-5-2)24-27-37(41)45(47(43)49)44(36)46(42)48/h16-17,20-30H,4-15,18-19H2,1-3H3. The van der Waals surface area contributed by atoms with Gasteiger partial charge in [-0.05, 0) is 73.6 Å². The molecule has 5 aromatic carbocycles. The van der Waals surface area contributed by atoms with Crippen LogP contribution in [0.3, 0.4) is 0 Å². The highest BCUT2D eigenvalue weighted by molar-refractivity contribution is 6.45. The summed E-state index contributed by atoms with van der Waals surface area (Å²) in [6, 6.07) is 31.1. The fraction of sp³-hybridized carbons (Fsp3) is 0.362. The maximum absolute atomic E-state index is 2.64. The van der Waals surface area contributed by atoms with Gasteiger partial charge in [0.1, 0.15) is 0 Å². The second-order valence-corrected chi connectivity index (χ2v) is 15.1. The Kier molecular flexibility index (Phi) is 7.87. The van der Waals surface area contributed by atoms with E-state index in [2.05, 4.69) is 108 Å². The van der Waals surface area contributed by atoms with E-state index in [-0.39, 0.29) is 0 Å². The molecule has 0 aliphatic heterocycles. The zero-order valence-electron chi connectivity index (χ0n) is 29.8. The molecule has 9 rings (SSSR count). The van der Waals surface area contributed by atoms with Gasteiger partial charge in [-0.3, -0.25) is 0 Å². The Balaban J connectivity index is 1.29. The van der Waals surface area contributed by atoms with E-state index in [1.54, 1.807) is 0 Å². The minimum absolute atomic E-state index is 1.16. The van der Waals surface area contributed by atoms with Gasteiger partial charge in [0.2, 0.25) is 0 Å². The third-order valence-electron chi connectivity index (χ3n) is 11.8. The molecule has 2 nitrogen and oxygen atoms in total. The van der Waals surface area contributed by atoms with Crippen molar-refractivity contribution in [1.82, 2.24) is 8.80 Å². The van der Waals surface area contributed by atoms with Crippen LogP contribution in [0.4, 0.5) is 0 Å². The summed E-state index contributed by atoms with van der Waals surface area (Å²) in [6.45, 7) is 6.84. The van der Waals surface area contributed by atoms with Crippen LogP contribution in [0.5, 0.6) is 0 Å². The fourth-order valence-electron chi connectivity index (χ4n) is 9.36. The lowest BCUT2D eigenvalue weighted by Crippen LogP contribution is -1.88. The molecule has 0 bridgehead atoms. The molecule has 4 aromatic heterocycles. The molecule has 4 heterocycles. The highest BCUT2D eigenvalue weighted by Crippen LogP contribution is 2.51. The average molecular weight is 643 g/mol. The van der Waals surface area contributed by atoms with E-state index in [0.29, 0.717) is 0 Å². The van der Waals surface area contributed by atoms with Gasteiger partial charge in [0.15, 0.2) is 0 Å². The fourth-order valence-corrected chi connectivity index (χ4v) is 9.36. The molecule has 0 fully saturated rings. The number of para-hydroxylation sites is 1. The van der Waals surface area contributed by atoms with Crippen LogP contribution in [0.15, 0.2) is 78.9 Å². The molecule has 9 aromatic rings. The zero-order valence-corrected chi connectivity index (χ0v) is 29.8. The monoisotopic (exact) mass is 642 g/mol. The number of nitrogens with zero attached hydrogens (tertiary/aromatic N) is 2. The number of unbranched alkanes of at least 4 members (excludes halogenated alkanes) is 10. The first kappa shape index (κ1) is 30.7. The summed E-state index contributed by atoms with van der Waals surface area (Å²) < 4.78 is 5.26. The summed E-state index contributed by atoms with van der Waals surface area (Å²) in [5, 5.41) is 11.3. The summed E-state index contributed by atoms with van der Waals surface area (Å²) in [4.78, 5) is 0. The molecule has 0 aliphatic rings. The lowest BCUT2D eigenvalue weighted by molar-refractivity contribution is 0.607. The van der Waals surface area contributed by atoms with Crippen LogP contribution in [0.2, 0.25) is 0 Å². The van der Waals surface area contributed by atoms with Crippen LogP contribution in [-0.4, -0.2) is 8.80 Å². The van der Waals surface area contributed by atoms with Crippen molar-refractivity contribution in [2.45, 2.75) is 111 Å². The van der Waals surface area contributed by atoms with Gasteiger partial charge in [0.05, 0.1) is 33.1 Å². The number of fused-ring (bicyclic) bond motifs is 14. The second kappa shape index (κ2) is 12.5.